The van der Waals surface area contributed by atoms with E-state index in [0.717, 1.165) is 5.56 Å². The predicted octanol–water partition coefficient (Wildman–Crippen LogP) is 6.19. The van der Waals surface area contributed by atoms with Crippen LogP contribution in [-0.4, -0.2) is 65.8 Å². The molecule has 10 nitrogen and oxygen atoms in total. The van der Waals surface area contributed by atoms with Gasteiger partial charge in [0.25, 0.3) is 5.69 Å². The SMILES string of the molecule is COC(=O)C1=C(C)N(Cc2ccccc2)C(C)=C(C(=O)OCCN2CCC(C(=O)c3ccc(F)cc3)CC2)C1c1ccccc1[N+](=O)[O-]. The fraction of sp³-hybridized carbons (Fsp3) is 0.324. The summed E-state index contributed by atoms with van der Waals surface area (Å²) in [6.07, 6.45) is 1.24. The Morgan fingerprint density at radius 1 is 0.875 bits per heavy atom. The predicted molar refractivity (Wildman–Crippen MR) is 176 cm³/mol. The second-order valence-electron chi connectivity index (χ2n) is 11.9. The van der Waals surface area contributed by atoms with Gasteiger partial charge in [-0.15, -0.1) is 0 Å². The molecule has 1 atom stereocenters. The average molecular weight is 656 g/mol. The molecule has 0 spiro atoms. The summed E-state index contributed by atoms with van der Waals surface area (Å²) in [5.41, 5.74) is 2.63. The number of benzene rings is 3. The molecule has 2 aliphatic heterocycles. The first-order valence-electron chi connectivity index (χ1n) is 15.8. The molecule has 0 N–H and O–H groups in total. The largest absolute Gasteiger partial charge is 0.466 e. The molecule has 1 unspecified atom stereocenters. The molecule has 0 aliphatic carbocycles. The van der Waals surface area contributed by atoms with Crippen molar-refractivity contribution in [3.8, 4) is 0 Å². The van der Waals surface area contributed by atoms with Crippen LogP contribution in [0.5, 0.6) is 0 Å². The zero-order chi connectivity index (χ0) is 34.4. The van der Waals surface area contributed by atoms with E-state index in [1.165, 1.54) is 43.5 Å². The second kappa shape index (κ2) is 15.2. The summed E-state index contributed by atoms with van der Waals surface area (Å²) in [6.45, 7) is 5.52. The first-order valence-corrected chi connectivity index (χ1v) is 15.8. The highest BCUT2D eigenvalue weighted by Gasteiger charge is 2.43. The molecule has 3 aromatic carbocycles. The Hall–Kier alpha value is -5.16. The van der Waals surface area contributed by atoms with Crippen molar-refractivity contribution in [2.75, 3.05) is 33.4 Å². The van der Waals surface area contributed by atoms with Crippen molar-refractivity contribution in [2.24, 2.45) is 5.92 Å². The van der Waals surface area contributed by atoms with Crippen LogP contribution in [0.2, 0.25) is 0 Å². The van der Waals surface area contributed by atoms with Gasteiger partial charge in [0.2, 0.25) is 0 Å². The Bertz CT molecular complexity index is 1750. The molecule has 2 aliphatic rings. The summed E-state index contributed by atoms with van der Waals surface area (Å²) in [7, 11) is 1.24. The van der Waals surface area contributed by atoms with Crippen molar-refractivity contribution in [2.45, 2.75) is 39.2 Å². The monoisotopic (exact) mass is 655 g/mol. The van der Waals surface area contributed by atoms with Crippen molar-refractivity contribution in [3.63, 3.8) is 0 Å². The molecule has 2 heterocycles. The lowest BCUT2D eigenvalue weighted by Crippen LogP contribution is -2.39. The quantitative estimate of drug-likeness (QED) is 0.103. The van der Waals surface area contributed by atoms with E-state index in [-0.39, 0.29) is 46.5 Å². The number of likely N-dealkylation sites (tertiary alicyclic amines) is 1. The minimum Gasteiger partial charge on any atom is -0.466 e. The summed E-state index contributed by atoms with van der Waals surface area (Å²) in [5, 5.41) is 12.2. The number of allylic oxidation sites excluding steroid dienone is 2. The number of nitro groups is 1. The third-order valence-corrected chi connectivity index (χ3v) is 9.15. The van der Waals surface area contributed by atoms with Gasteiger partial charge in [0.05, 0.1) is 29.1 Å². The maximum absolute atomic E-state index is 14.1. The fourth-order valence-corrected chi connectivity index (χ4v) is 6.57. The second-order valence-corrected chi connectivity index (χ2v) is 11.9. The van der Waals surface area contributed by atoms with Gasteiger partial charge < -0.3 is 14.4 Å². The van der Waals surface area contributed by atoms with Crippen LogP contribution in [0.1, 0.15) is 54.1 Å². The van der Waals surface area contributed by atoms with Crippen molar-refractivity contribution >= 4 is 23.4 Å². The third-order valence-electron chi connectivity index (χ3n) is 9.15. The number of rotatable bonds is 11. The summed E-state index contributed by atoms with van der Waals surface area (Å²) < 4.78 is 24.3. The van der Waals surface area contributed by atoms with E-state index in [9.17, 15) is 28.9 Å². The summed E-state index contributed by atoms with van der Waals surface area (Å²) in [4.78, 5) is 55.9. The van der Waals surface area contributed by atoms with Crippen LogP contribution < -0.4 is 0 Å². The van der Waals surface area contributed by atoms with E-state index < -0.39 is 22.8 Å². The number of ether oxygens (including phenoxy) is 2. The molecule has 1 saturated heterocycles. The lowest BCUT2D eigenvalue weighted by molar-refractivity contribution is -0.385. The van der Waals surface area contributed by atoms with Crippen molar-refractivity contribution in [1.29, 1.82) is 0 Å². The Morgan fingerprint density at radius 3 is 2.10 bits per heavy atom. The van der Waals surface area contributed by atoms with Crippen LogP contribution in [0, 0.1) is 21.8 Å². The fourth-order valence-electron chi connectivity index (χ4n) is 6.57. The maximum atomic E-state index is 14.1. The molecule has 1 fully saturated rings. The van der Waals surface area contributed by atoms with Gasteiger partial charge in [-0.1, -0.05) is 48.5 Å². The van der Waals surface area contributed by atoms with Crippen molar-refractivity contribution in [3.05, 3.63) is 134 Å². The Labute approximate surface area is 278 Å². The van der Waals surface area contributed by atoms with E-state index in [2.05, 4.69) is 4.90 Å². The minimum absolute atomic E-state index is 0.00773. The Morgan fingerprint density at radius 2 is 1.48 bits per heavy atom. The molecule has 0 amide bonds. The molecule has 5 rings (SSSR count). The van der Waals surface area contributed by atoms with E-state index in [1.54, 1.807) is 26.0 Å². The number of esters is 2. The van der Waals surface area contributed by atoms with Crippen LogP contribution in [0.3, 0.4) is 0 Å². The summed E-state index contributed by atoms with van der Waals surface area (Å²) >= 11 is 0. The van der Waals surface area contributed by atoms with Gasteiger partial charge in [-0.2, -0.15) is 0 Å². The van der Waals surface area contributed by atoms with E-state index in [1.807, 2.05) is 35.2 Å². The Balaban J connectivity index is 1.38. The average Bonchev–Trinajstić information content (AvgIpc) is 3.10. The molecule has 3 aromatic rings. The van der Waals surface area contributed by atoms with Gasteiger partial charge >= 0.3 is 11.9 Å². The molecule has 250 valence electrons. The highest BCUT2D eigenvalue weighted by atomic mass is 19.1. The van der Waals surface area contributed by atoms with Crippen LogP contribution >= 0.6 is 0 Å². The molecule has 0 aromatic heterocycles. The van der Waals surface area contributed by atoms with E-state index in [4.69, 9.17) is 9.47 Å². The number of piperidine rings is 1. The minimum atomic E-state index is -1.10. The molecule has 0 bridgehead atoms. The number of hydrogen-bond acceptors (Lipinski definition) is 9. The number of carbonyl (C=O) groups is 3. The first-order chi connectivity index (χ1) is 23.1. The smallest absolute Gasteiger partial charge is 0.336 e. The van der Waals surface area contributed by atoms with Crippen LogP contribution in [-0.2, 0) is 25.6 Å². The zero-order valence-corrected chi connectivity index (χ0v) is 27.2. The molecule has 0 radical (unpaired) electrons. The number of para-hydroxylation sites is 1. The third kappa shape index (κ3) is 7.36. The van der Waals surface area contributed by atoms with Crippen LogP contribution in [0.4, 0.5) is 10.1 Å². The summed E-state index contributed by atoms with van der Waals surface area (Å²) in [5.74, 6) is -3.07. The van der Waals surface area contributed by atoms with E-state index in [0.29, 0.717) is 56.0 Å². The molecular formula is C37H38FN3O7. The van der Waals surface area contributed by atoms with Crippen LogP contribution in [0.25, 0.3) is 0 Å². The van der Waals surface area contributed by atoms with Crippen molar-refractivity contribution < 1.29 is 33.2 Å². The Kier molecular flexibility index (Phi) is 10.8. The first kappa shape index (κ1) is 34.2. The van der Waals surface area contributed by atoms with Crippen LogP contribution in [0.15, 0.2) is 101 Å². The number of hydrogen-bond donors (Lipinski definition) is 0. The van der Waals surface area contributed by atoms with Gasteiger partial charge in [0.1, 0.15) is 12.4 Å². The standard InChI is InChI=1S/C37H38FN3O7/c1-24-32(36(43)47-3)34(30-11-7-8-12-31(30)41(45)46)33(25(2)40(24)23-26-9-5-4-6-10-26)37(44)48-22-21-39-19-17-28(18-20-39)35(42)27-13-15-29(38)16-14-27/h4-16,28,34H,17-23H2,1-3H3. The number of halogens is 1. The van der Waals surface area contributed by atoms with Gasteiger partial charge in [-0.25, -0.2) is 14.0 Å². The number of carbonyl (C=O) groups excluding carboxylic acids is 3. The molecule has 0 saturated carbocycles. The normalized spacial score (nSPS) is 17.3. The topological polar surface area (TPSA) is 119 Å². The maximum Gasteiger partial charge on any atom is 0.336 e. The van der Waals surface area contributed by atoms with Gasteiger partial charge in [-0.3, -0.25) is 19.8 Å². The number of ketones is 1. The molecular weight excluding hydrogens is 617 g/mol. The highest BCUT2D eigenvalue weighted by Crippen LogP contribution is 2.45. The number of Topliss-reactive ketones (excluding diaryl/α,β-unsaturated/α-hetero) is 1. The zero-order valence-electron chi connectivity index (χ0n) is 27.2. The highest BCUT2D eigenvalue weighted by molar-refractivity contribution is 6.00. The van der Waals surface area contributed by atoms with Gasteiger partial charge in [0, 0.05) is 47.6 Å². The number of nitrogens with zero attached hydrogens (tertiary/aromatic N) is 3. The lowest BCUT2D eigenvalue weighted by Gasteiger charge is -2.38. The number of methoxy groups -OCH3 is 1. The van der Waals surface area contributed by atoms with Gasteiger partial charge in [-0.05, 0) is 69.6 Å². The molecule has 11 heteroatoms. The summed E-state index contributed by atoms with van der Waals surface area (Å²) in [6, 6.07) is 21.2. The van der Waals surface area contributed by atoms with E-state index >= 15 is 0 Å². The molecule has 48 heavy (non-hydrogen) atoms. The van der Waals surface area contributed by atoms with Crippen molar-refractivity contribution in [1.82, 2.24) is 9.80 Å². The lowest BCUT2D eigenvalue weighted by atomic mass is 9.79. The number of nitro benzene ring substituents is 1. The van der Waals surface area contributed by atoms with Gasteiger partial charge in [0.15, 0.2) is 5.78 Å².